The van der Waals surface area contributed by atoms with Crippen molar-refractivity contribution in [2.24, 2.45) is 0 Å². The highest BCUT2D eigenvalue weighted by Crippen LogP contribution is 2.28. The minimum Gasteiger partial charge on any atom is -0.280 e. The lowest BCUT2D eigenvalue weighted by Gasteiger charge is -2.12. The lowest BCUT2D eigenvalue weighted by atomic mass is 9.92. The van der Waals surface area contributed by atoms with Gasteiger partial charge in [-0.15, -0.1) is 6.42 Å². The highest BCUT2D eigenvalue weighted by molar-refractivity contribution is 6.08. The van der Waals surface area contributed by atoms with Crippen molar-refractivity contribution < 1.29 is 4.79 Å². The first-order chi connectivity index (χ1) is 7.31. The SMILES string of the molecule is C#CC(=O)C=C1CC=Cc2ccccc21. The van der Waals surface area contributed by atoms with Crippen molar-refractivity contribution in [1.29, 1.82) is 0 Å². The summed E-state index contributed by atoms with van der Waals surface area (Å²) in [6, 6.07) is 7.98. The number of allylic oxidation sites excluding steroid dienone is 3. The van der Waals surface area contributed by atoms with Gasteiger partial charge in [-0.2, -0.15) is 0 Å². The Labute approximate surface area is 89.1 Å². The van der Waals surface area contributed by atoms with Gasteiger partial charge in [0.1, 0.15) is 0 Å². The molecule has 0 N–H and O–H groups in total. The van der Waals surface area contributed by atoms with Crippen molar-refractivity contribution in [2.45, 2.75) is 6.42 Å². The third-order valence-electron chi connectivity index (χ3n) is 2.39. The quantitative estimate of drug-likeness (QED) is 0.381. The molecule has 0 aliphatic heterocycles. The monoisotopic (exact) mass is 194 g/mol. The van der Waals surface area contributed by atoms with Gasteiger partial charge >= 0.3 is 0 Å². The second kappa shape index (κ2) is 3.98. The van der Waals surface area contributed by atoms with Crippen molar-refractivity contribution in [2.75, 3.05) is 0 Å². The maximum atomic E-state index is 11.2. The van der Waals surface area contributed by atoms with E-state index < -0.39 is 0 Å². The Balaban J connectivity index is 2.48. The molecule has 0 bridgehead atoms. The molecule has 1 aromatic carbocycles. The van der Waals surface area contributed by atoms with E-state index in [0.717, 1.165) is 23.1 Å². The van der Waals surface area contributed by atoms with E-state index >= 15 is 0 Å². The van der Waals surface area contributed by atoms with E-state index in [1.165, 1.54) is 0 Å². The molecule has 0 unspecified atom stereocenters. The molecular weight excluding hydrogens is 184 g/mol. The lowest BCUT2D eigenvalue weighted by Crippen LogP contribution is -1.96. The summed E-state index contributed by atoms with van der Waals surface area (Å²) in [5.41, 5.74) is 3.24. The van der Waals surface area contributed by atoms with Crippen molar-refractivity contribution in [3.63, 3.8) is 0 Å². The number of terminal acetylenes is 1. The summed E-state index contributed by atoms with van der Waals surface area (Å²) in [6.07, 6.45) is 11.5. The first kappa shape index (κ1) is 9.48. The van der Waals surface area contributed by atoms with Gasteiger partial charge in [-0.1, -0.05) is 36.4 Å². The fourth-order valence-corrected chi connectivity index (χ4v) is 1.69. The number of hydrogen-bond donors (Lipinski definition) is 0. The summed E-state index contributed by atoms with van der Waals surface area (Å²) in [4.78, 5) is 11.2. The summed E-state index contributed by atoms with van der Waals surface area (Å²) in [7, 11) is 0. The van der Waals surface area contributed by atoms with Gasteiger partial charge in [0.05, 0.1) is 0 Å². The zero-order valence-electron chi connectivity index (χ0n) is 8.23. The Morgan fingerprint density at radius 3 is 3.00 bits per heavy atom. The van der Waals surface area contributed by atoms with Gasteiger partial charge in [0, 0.05) is 0 Å². The van der Waals surface area contributed by atoms with Crippen LogP contribution in [0.4, 0.5) is 0 Å². The van der Waals surface area contributed by atoms with E-state index in [1.807, 2.05) is 30.3 Å². The summed E-state index contributed by atoms with van der Waals surface area (Å²) in [6.45, 7) is 0. The molecule has 0 saturated carbocycles. The number of ketones is 1. The van der Waals surface area contributed by atoms with Crippen LogP contribution >= 0.6 is 0 Å². The van der Waals surface area contributed by atoms with Gasteiger partial charge in [-0.25, -0.2) is 0 Å². The van der Waals surface area contributed by atoms with Gasteiger partial charge in [-0.3, -0.25) is 4.79 Å². The Bertz CT molecular complexity index is 498. The van der Waals surface area contributed by atoms with E-state index in [2.05, 4.69) is 12.0 Å². The second-order valence-corrected chi connectivity index (χ2v) is 3.37. The number of fused-ring (bicyclic) bond motifs is 1. The van der Waals surface area contributed by atoms with E-state index in [-0.39, 0.29) is 5.78 Å². The molecule has 0 atom stereocenters. The zero-order chi connectivity index (χ0) is 10.7. The average molecular weight is 194 g/mol. The molecule has 0 amide bonds. The molecule has 1 aliphatic carbocycles. The van der Waals surface area contributed by atoms with Crippen LogP contribution in [-0.2, 0) is 4.79 Å². The standard InChI is InChI=1S/C14H10O/c1-2-13(15)10-12-8-5-7-11-6-3-4-9-14(11)12/h1,3-7,9-10H,8H2. The Hall–Kier alpha value is -2.07. The molecule has 2 rings (SSSR count). The van der Waals surface area contributed by atoms with Gasteiger partial charge in [0.25, 0.3) is 0 Å². The minimum absolute atomic E-state index is 0.268. The third kappa shape index (κ3) is 1.89. The molecule has 0 aromatic heterocycles. The molecule has 0 fully saturated rings. The highest BCUT2D eigenvalue weighted by atomic mass is 16.1. The Kier molecular flexibility index (Phi) is 2.51. The van der Waals surface area contributed by atoms with Gasteiger partial charge in [0.2, 0.25) is 5.78 Å². The van der Waals surface area contributed by atoms with E-state index in [0.29, 0.717) is 0 Å². The normalized spacial score (nSPS) is 15.8. The van der Waals surface area contributed by atoms with Crippen molar-refractivity contribution in [3.05, 3.63) is 47.5 Å². The van der Waals surface area contributed by atoms with Crippen LogP contribution in [0, 0.1) is 12.3 Å². The van der Waals surface area contributed by atoms with Gasteiger partial charge in [-0.05, 0) is 35.1 Å². The largest absolute Gasteiger partial charge is 0.280 e. The molecule has 72 valence electrons. The van der Waals surface area contributed by atoms with E-state index in [9.17, 15) is 4.79 Å². The lowest BCUT2D eigenvalue weighted by molar-refractivity contribution is -0.109. The van der Waals surface area contributed by atoms with Crippen molar-refractivity contribution in [3.8, 4) is 12.3 Å². The Morgan fingerprint density at radius 1 is 1.40 bits per heavy atom. The number of carbonyl (C=O) groups excluding carboxylic acids is 1. The highest BCUT2D eigenvalue weighted by Gasteiger charge is 2.09. The first-order valence-corrected chi connectivity index (χ1v) is 4.78. The molecule has 0 heterocycles. The van der Waals surface area contributed by atoms with Crippen LogP contribution in [0.5, 0.6) is 0 Å². The smallest absolute Gasteiger partial charge is 0.228 e. The number of carbonyl (C=O) groups is 1. The predicted molar refractivity (Wildman–Crippen MR) is 61.9 cm³/mol. The fraction of sp³-hybridized carbons (Fsp3) is 0.0714. The molecule has 0 saturated heterocycles. The molecule has 1 aromatic rings. The second-order valence-electron chi connectivity index (χ2n) is 3.37. The summed E-state index contributed by atoms with van der Waals surface area (Å²) < 4.78 is 0. The van der Waals surface area contributed by atoms with Gasteiger partial charge in [0.15, 0.2) is 0 Å². The summed E-state index contributed by atoms with van der Waals surface area (Å²) >= 11 is 0. The Morgan fingerprint density at radius 2 is 2.20 bits per heavy atom. The van der Waals surface area contributed by atoms with Crippen LogP contribution in [-0.4, -0.2) is 5.78 Å². The molecular formula is C14H10O. The number of rotatable bonds is 1. The first-order valence-electron chi connectivity index (χ1n) is 4.78. The maximum Gasteiger partial charge on any atom is 0.228 e. The fourth-order valence-electron chi connectivity index (χ4n) is 1.69. The third-order valence-corrected chi connectivity index (χ3v) is 2.39. The van der Waals surface area contributed by atoms with Crippen LogP contribution in [0.3, 0.4) is 0 Å². The summed E-state index contributed by atoms with van der Waals surface area (Å²) in [5, 5.41) is 0. The van der Waals surface area contributed by atoms with Crippen LogP contribution in [0.25, 0.3) is 11.6 Å². The topological polar surface area (TPSA) is 17.1 Å². The molecule has 1 nitrogen and oxygen atoms in total. The van der Waals surface area contributed by atoms with Gasteiger partial charge < -0.3 is 0 Å². The molecule has 1 aliphatic rings. The van der Waals surface area contributed by atoms with Crippen molar-refractivity contribution in [1.82, 2.24) is 0 Å². The molecule has 15 heavy (non-hydrogen) atoms. The van der Waals surface area contributed by atoms with Crippen molar-refractivity contribution >= 4 is 17.4 Å². The van der Waals surface area contributed by atoms with Crippen LogP contribution < -0.4 is 0 Å². The van der Waals surface area contributed by atoms with E-state index in [4.69, 9.17) is 6.42 Å². The number of hydrogen-bond acceptors (Lipinski definition) is 1. The zero-order valence-corrected chi connectivity index (χ0v) is 8.23. The predicted octanol–water partition coefficient (Wildman–Crippen LogP) is 2.69. The molecule has 1 heteroatoms. The maximum absolute atomic E-state index is 11.2. The van der Waals surface area contributed by atoms with E-state index in [1.54, 1.807) is 6.08 Å². The minimum atomic E-state index is -0.268. The van der Waals surface area contributed by atoms with Crippen LogP contribution in [0.1, 0.15) is 17.5 Å². The molecule has 0 radical (unpaired) electrons. The van der Waals surface area contributed by atoms with Crippen LogP contribution in [0.2, 0.25) is 0 Å². The van der Waals surface area contributed by atoms with Crippen LogP contribution in [0.15, 0.2) is 36.4 Å². The average Bonchev–Trinajstić information content (AvgIpc) is 2.29. The number of benzene rings is 1. The summed E-state index contributed by atoms with van der Waals surface area (Å²) in [5.74, 6) is 1.84. The molecule has 0 spiro atoms.